The molecule has 1 amide bonds. The number of amides is 1. The highest BCUT2D eigenvalue weighted by molar-refractivity contribution is 5.67. The van der Waals surface area contributed by atoms with Crippen LogP contribution in [0, 0.1) is 0 Å². The number of hydrogen-bond acceptors (Lipinski definition) is 3. The van der Waals surface area contributed by atoms with Crippen molar-refractivity contribution in [3.63, 3.8) is 0 Å². The van der Waals surface area contributed by atoms with Crippen LogP contribution in [-0.2, 0) is 4.74 Å². The molecule has 0 heterocycles. The van der Waals surface area contributed by atoms with Crippen molar-refractivity contribution in [3.8, 4) is 0 Å². The quantitative estimate of drug-likeness (QED) is 0.750. The molecule has 4 nitrogen and oxygen atoms in total. The largest absolute Gasteiger partial charge is 0.444 e. The summed E-state index contributed by atoms with van der Waals surface area (Å²) in [4.78, 5) is 10.9. The molecule has 0 aliphatic heterocycles. The second-order valence-electron chi connectivity index (χ2n) is 4.03. The Bertz CT molecular complexity index is 223. The van der Waals surface area contributed by atoms with Gasteiger partial charge in [0.15, 0.2) is 0 Å². The van der Waals surface area contributed by atoms with E-state index in [1.807, 2.05) is 5.32 Å². The van der Waals surface area contributed by atoms with Crippen molar-refractivity contribution < 1.29 is 22.7 Å². The number of rotatable bonds is 2. The van der Waals surface area contributed by atoms with Crippen LogP contribution in [0.2, 0.25) is 0 Å². The van der Waals surface area contributed by atoms with Crippen molar-refractivity contribution in [1.82, 2.24) is 5.32 Å². The lowest BCUT2D eigenvalue weighted by molar-refractivity contribution is -0.146. The van der Waals surface area contributed by atoms with Gasteiger partial charge in [0, 0.05) is 6.54 Å². The fraction of sp³-hybridized carbons (Fsp3) is 0.875. The first-order valence-corrected chi connectivity index (χ1v) is 4.31. The standard InChI is InChI=1S/C8H15F3N2O2/c1-7(2,3)15-6(14)13-4-5(12)8(9,10)11/h5H,4,12H2,1-3H3,(H,13,14)/t5-/m0/s1. The van der Waals surface area contributed by atoms with Crippen LogP contribution in [0.5, 0.6) is 0 Å². The summed E-state index contributed by atoms with van der Waals surface area (Å²) >= 11 is 0. The zero-order valence-electron chi connectivity index (χ0n) is 8.81. The zero-order chi connectivity index (χ0) is 12.3. The maximum atomic E-state index is 11.9. The van der Waals surface area contributed by atoms with Gasteiger partial charge in [0.25, 0.3) is 0 Å². The minimum Gasteiger partial charge on any atom is -0.444 e. The molecule has 0 radical (unpaired) electrons. The Morgan fingerprint density at radius 3 is 2.20 bits per heavy atom. The Morgan fingerprint density at radius 1 is 1.40 bits per heavy atom. The Morgan fingerprint density at radius 2 is 1.87 bits per heavy atom. The third kappa shape index (κ3) is 7.01. The fourth-order valence-electron chi connectivity index (χ4n) is 0.623. The summed E-state index contributed by atoms with van der Waals surface area (Å²) in [5.41, 5.74) is 4.02. The highest BCUT2D eigenvalue weighted by Crippen LogP contribution is 2.17. The molecule has 0 aliphatic carbocycles. The smallest absolute Gasteiger partial charge is 0.407 e. The van der Waals surface area contributed by atoms with Crippen molar-refractivity contribution in [2.75, 3.05) is 6.54 Å². The fourth-order valence-corrected chi connectivity index (χ4v) is 0.623. The summed E-state index contributed by atoms with van der Waals surface area (Å²) < 4.78 is 40.5. The lowest BCUT2D eigenvalue weighted by Crippen LogP contribution is -2.47. The Balaban J connectivity index is 3.92. The van der Waals surface area contributed by atoms with Crippen LogP contribution >= 0.6 is 0 Å². The number of halogens is 3. The summed E-state index contributed by atoms with van der Waals surface area (Å²) in [7, 11) is 0. The molecular formula is C8H15F3N2O2. The molecule has 1 atom stereocenters. The Hall–Kier alpha value is -0.980. The monoisotopic (exact) mass is 228 g/mol. The van der Waals surface area contributed by atoms with E-state index < -0.39 is 30.5 Å². The average molecular weight is 228 g/mol. The lowest BCUT2D eigenvalue weighted by Gasteiger charge is -2.21. The molecule has 0 aromatic carbocycles. The molecule has 0 fully saturated rings. The molecule has 0 saturated carbocycles. The van der Waals surface area contributed by atoms with Gasteiger partial charge in [-0.15, -0.1) is 0 Å². The number of carbonyl (C=O) groups excluding carboxylic acids is 1. The van der Waals surface area contributed by atoms with Crippen LogP contribution < -0.4 is 11.1 Å². The SMILES string of the molecule is CC(C)(C)OC(=O)NC[C@H](N)C(F)(F)F. The number of nitrogens with two attached hydrogens (primary N) is 1. The van der Waals surface area contributed by atoms with Crippen LogP contribution in [0.15, 0.2) is 0 Å². The number of alkyl halides is 3. The van der Waals surface area contributed by atoms with Crippen LogP contribution in [0.3, 0.4) is 0 Å². The van der Waals surface area contributed by atoms with Crippen molar-refractivity contribution in [1.29, 1.82) is 0 Å². The van der Waals surface area contributed by atoms with Crippen molar-refractivity contribution in [2.45, 2.75) is 38.6 Å². The van der Waals surface area contributed by atoms with Gasteiger partial charge in [0.2, 0.25) is 0 Å². The van der Waals surface area contributed by atoms with E-state index in [0.717, 1.165) is 0 Å². The van der Waals surface area contributed by atoms with Crippen molar-refractivity contribution in [2.24, 2.45) is 5.73 Å². The van der Waals surface area contributed by atoms with Gasteiger partial charge < -0.3 is 15.8 Å². The summed E-state index contributed by atoms with van der Waals surface area (Å²) in [6.45, 7) is 4.13. The van der Waals surface area contributed by atoms with Gasteiger partial charge in [-0.3, -0.25) is 0 Å². The number of nitrogens with one attached hydrogen (secondary N) is 1. The molecule has 0 bridgehead atoms. The molecule has 0 rings (SSSR count). The van der Waals surface area contributed by atoms with Gasteiger partial charge in [-0.2, -0.15) is 13.2 Å². The second kappa shape index (κ2) is 4.69. The van der Waals surface area contributed by atoms with Gasteiger partial charge in [-0.1, -0.05) is 0 Å². The highest BCUT2D eigenvalue weighted by atomic mass is 19.4. The van der Waals surface area contributed by atoms with Crippen LogP contribution in [0.4, 0.5) is 18.0 Å². The van der Waals surface area contributed by atoms with Crippen molar-refractivity contribution in [3.05, 3.63) is 0 Å². The van der Waals surface area contributed by atoms with Crippen LogP contribution in [0.1, 0.15) is 20.8 Å². The number of carbonyl (C=O) groups is 1. The van der Waals surface area contributed by atoms with Crippen molar-refractivity contribution >= 4 is 6.09 Å². The summed E-state index contributed by atoms with van der Waals surface area (Å²) in [5.74, 6) is 0. The van der Waals surface area contributed by atoms with E-state index in [2.05, 4.69) is 0 Å². The summed E-state index contributed by atoms with van der Waals surface area (Å²) in [6.07, 6.45) is -5.43. The first-order valence-electron chi connectivity index (χ1n) is 4.31. The third-order valence-corrected chi connectivity index (χ3v) is 1.29. The average Bonchev–Trinajstić information content (AvgIpc) is 1.94. The van der Waals surface area contributed by atoms with E-state index in [0.29, 0.717) is 0 Å². The molecule has 90 valence electrons. The molecule has 0 aliphatic rings. The van der Waals surface area contributed by atoms with E-state index in [-0.39, 0.29) is 0 Å². The van der Waals surface area contributed by atoms with Gasteiger partial charge >= 0.3 is 12.3 Å². The van der Waals surface area contributed by atoms with Gasteiger partial charge in [-0.25, -0.2) is 4.79 Å². The maximum Gasteiger partial charge on any atom is 0.407 e. The number of alkyl carbamates (subject to hydrolysis) is 1. The molecule has 0 aromatic heterocycles. The van der Waals surface area contributed by atoms with Gasteiger partial charge in [-0.05, 0) is 20.8 Å². The third-order valence-electron chi connectivity index (χ3n) is 1.29. The minimum atomic E-state index is -4.52. The van der Waals surface area contributed by atoms with E-state index in [1.54, 1.807) is 20.8 Å². The Labute approximate surface area is 86.0 Å². The molecule has 7 heteroatoms. The molecule has 0 saturated heterocycles. The zero-order valence-corrected chi connectivity index (χ0v) is 8.81. The molecule has 3 N–H and O–H groups in total. The Kier molecular flexibility index (Phi) is 4.39. The summed E-state index contributed by atoms with van der Waals surface area (Å²) in [6, 6.07) is -2.08. The second-order valence-corrected chi connectivity index (χ2v) is 4.03. The van der Waals surface area contributed by atoms with Gasteiger partial charge in [0.1, 0.15) is 11.6 Å². The van der Waals surface area contributed by atoms with Crippen LogP contribution in [-0.4, -0.2) is 30.5 Å². The maximum absolute atomic E-state index is 11.9. The van der Waals surface area contributed by atoms with Gasteiger partial charge in [0.05, 0.1) is 0 Å². The first-order chi connectivity index (χ1) is 6.52. The predicted octanol–water partition coefficient (Wildman–Crippen LogP) is 1.40. The predicted molar refractivity (Wildman–Crippen MR) is 48.3 cm³/mol. The molecule has 0 spiro atoms. The van der Waals surface area contributed by atoms with E-state index in [1.165, 1.54) is 0 Å². The van der Waals surface area contributed by atoms with E-state index in [9.17, 15) is 18.0 Å². The van der Waals surface area contributed by atoms with E-state index >= 15 is 0 Å². The summed E-state index contributed by atoms with van der Waals surface area (Å²) in [5, 5.41) is 1.94. The molecule has 15 heavy (non-hydrogen) atoms. The topological polar surface area (TPSA) is 64.3 Å². The number of ether oxygens (including phenoxy) is 1. The number of hydrogen-bond donors (Lipinski definition) is 2. The van der Waals surface area contributed by atoms with Crippen LogP contribution in [0.25, 0.3) is 0 Å². The highest BCUT2D eigenvalue weighted by Gasteiger charge is 2.36. The minimum absolute atomic E-state index is 0.696. The van der Waals surface area contributed by atoms with E-state index in [4.69, 9.17) is 10.5 Å². The first kappa shape index (κ1) is 14.0. The molecular weight excluding hydrogens is 213 g/mol. The lowest BCUT2D eigenvalue weighted by atomic mass is 10.2. The normalized spacial score (nSPS) is 14.6. The molecule has 0 aromatic rings. The molecule has 0 unspecified atom stereocenters.